The third-order valence-corrected chi connectivity index (χ3v) is 3.98. The monoisotopic (exact) mass is 373 g/mol. The zero-order valence-electron chi connectivity index (χ0n) is 16.1. The number of carbonyl (C=O) groups excluding carboxylic acids is 1. The molecule has 28 heavy (non-hydrogen) atoms. The molecule has 1 aromatic carbocycles. The Morgan fingerprint density at radius 2 is 2.00 bits per heavy atom. The van der Waals surface area contributed by atoms with Crippen molar-refractivity contribution in [3.8, 4) is 23.2 Å². The lowest BCUT2D eigenvalue weighted by Crippen LogP contribution is -2.36. The molecule has 1 N–H and O–H groups in total. The quantitative estimate of drug-likeness (QED) is 0.674. The molecule has 0 atom stereocenters. The molecule has 0 bridgehead atoms. The van der Waals surface area contributed by atoms with Crippen molar-refractivity contribution in [1.82, 2.24) is 25.1 Å². The zero-order chi connectivity index (χ0) is 19.8. The minimum Gasteiger partial charge on any atom is -0.331 e. The van der Waals surface area contributed by atoms with Crippen LogP contribution in [0, 0.1) is 17.8 Å². The molecule has 3 aromatic rings. The average molecular weight is 373 g/mol. The Kier molecular flexibility index (Phi) is 6.53. The molecule has 6 nitrogen and oxygen atoms in total. The van der Waals surface area contributed by atoms with E-state index in [-0.39, 0.29) is 12.3 Å². The molecule has 0 saturated heterocycles. The van der Waals surface area contributed by atoms with Crippen molar-refractivity contribution >= 4 is 5.91 Å². The topological polar surface area (TPSA) is 74.8 Å². The van der Waals surface area contributed by atoms with Crippen LogP contribution in [0.2, 0.25) is 0 Å². The summed E-state index contributed by atoms with van der Waals surface area (Å²) in [6.45, 7) is 5.20. The molecule has 6 heteroatoms. The number of aromatic amines is 1. The van der Waals surface area contributed by atoms with Crippen LogP contribution in [-0.2, 0) is 11.2 Å². The number of hydrogen-bond donors (Lipinski definition) is 1. The van der Waals surface area contributed by atoms with E-state index in [9.17, 15) is 4.79 Å². The van der Waals surface area contributed by atoms with Crippen molar-refractivity contribution in [1.29, 1.82) is 0 Å². The Morgan fingerprint density at radius 1 is 1.18 bits per heavy atom. The molecule has 2 heterocycles. The van der Waals surface area contributed by atoms with Crippen LogP contribution in [0.3, 0.4) is 0 Å². The standard InChI is InChI=1S/C22H23N5O/c1-17(2)16-27(13-7-10-18-8-4-3-5-9-18)21(28)14-20-24-22(26-25-20)19-11-6-12-23-15-19/h3-6,8-9,11-12,15,17H,13-14,16H2,1-2H3,(H,24,25,26). The Hall–Kier alpha value is -3.46. The van der Waals surface area contributed by atoms with Gasteiger partial charge >= 0.3 is 0 Å². The first-order chi connectivity index (χ1) is 13.6. The molecule has 0 saturated carbocycles. The van der Waals surface area contributed by atoms with Crippen molar-refractivity contribution in [2.24, 2.45) is 5.92 Å². The fraction of sp³-hybridized carbons (Fsp3) is 0.273. The van der Waals surface area contributed by atoms with E-state index >= 15 is 0 Å². The van der Waals surface area contributed by atoms with Gasteiger partial charge in [0.1, 0.15) is 5.82 Å². The molecule has 0 aliphatic carbocycles. The number of pyridine rings is 1. The number of aromatic nitrogens is 4. The van der Waals surface area contributed by atoms with E-state index in [1.807, 2.05) is 42.5 Å². The Balaban J connectivity index is 1.66. The lowest BCUT2D eigenvalue weighted by Gasteiger charge is -2.21. The second-order valence-electron chi connectivity index (χ2n) is 6.86. The number of rotatable bonds is 6. The number of H-pyrrole nitrogens is 1. The van der Waals surface area contributed by atoms with Crippen LogP contribution in [0.5, 0.6) is 0 Å². The van der Waals surface area contributed by atoms with E-state index in [0.717, 1.165) is 11.1 Å². The molecular formula is C22H23N5O. The fourth-order valence-electron chi connectivity index (χ4n) is 2.71. The minimum absolute atomic E-state index is 0.0232. The summed E-state index contributed by atoms with van der Waals surface area (Å²) in [7, 11) is 0. The highest BCUT2D eigenvalue weighted by atomic mass is 16.2. The summed E-state index contributed by atoms with van der Waals surface area (Å²) in [5, 5.41) is 7.04. The van der Waals surface area contributed by atoms with Crippen molar-refractivity contribution in [3.63, 3.8) is 0 Å². The van der Waals surface area contributed by atoms with Gasteiger partial charge in [-0.1, -0.05) is 43.9 Å². The average Bonchev–Trinajstić information content (AvgIpc) is 3.17. The number of nitrogens with one attached hydrogen (secondary N) is 1. The van der Waals surface area contributed by atoms with Crippen molar-refractivity contribution in [2.75, 3.05) is 13.1 Å². The van der Waals surface area contributed by atoms with Gasteiger partial charge < -0.3 is 4.90 Å². The van der Waals surface area contributed by atoms with E-state index in [0.29, 0.717) is 30.7 Å². The molecule has 1 amide bonds. The Morgan fingerprint density at radius 3 is 2.71 bits per heavy atom. The zero-order valence-corrected chi connectivity index (χ0v) is 16.1. The van der Waals surface area contributed by atoms with Gasteiger partial charge in [-0.15, -0.1) is 0 Å². The van der Waals surface area contributed by atoms with Crippen LogP contribution >= 0.6 is 0 Å². The van der Waals surface area contributed by atoms with Gasteiger partial charge in [-0.05, 0) is 30.2 Å². The van der Waals surface area contributed by atoms with Gasteiger partial charge in [0.15, 0.2) is 5.82 Å². The van der Waals surface area contributed by atoms with Crippen molar-refractivity contribution < 1.29 is 4.79 Å². The molecule has 0 radical (unpaired) electrons. The molecule has 3 rings (SSSR count). The molecule has 0 spiro atoms. The summed E-state index contributed by atoms with van der Waals surface area (Å²) in [6.07, 6.45) is 3.55. The summed E-state index contributed by atoms with van der Waals surface area (Å²) >= 11 is 0. The van der Waals surface area contributed by atoms with Crippen LogP contribution < -0.4 is 0 Å². The van der Waals surface area contributed by atoms with E-state index in [1.54, 1.807) is 17.3 Å². The van der Waals surface area contributed by atoms with Gasteiger partial charge in [0.25, 0.3) is 0 Å². The molecule has 0 aliphatic rings. The summed E-state index contributed by atoms with van der Waals surface area (Å²) in [6, 6.07) is 13.5. The van der Waals surface area contributed by atoms with Gasteiger partial charge in [-0.2, -0.15) is 5.10 Å². The first-order valence-electron chi connectivity index (χ1n) is 9.25. The molecule has 0 aliphatic heterocycles. The highest BCUT2D eigenvalue weighted by Gasteiger charge is 2.17. The van der Waals surface area contributed by atoms with Crippen LogP contribution in [0.1, 0.15) is 25.2 Å². The second kappa shape index (κ2) is 9.47. The summed E-state index contributed by atoms with van der Waals surface area (Å²) < 4.78 is 0. The first kappa shape index (κ1) is 19.3. The normalized spacial score (nSPS) is 10.4. The number of amides is 1. The molecule has 0 unspecified atom stereocenters. The van der Waals surface area contributed by atoms with Gasteiger partial charge in [-0.25, -0.2) is 4.98 Å². The summed E-state index contributed by atoms with van der Waals surface area (Å²) in [5.74, 6) is 7.61. The van der Waals surface area contributed by atoms with E-state index in [2.05, 4.69) is 45.9 Å². The molecule has 142 valence electrons. The number of carbonyl (C=O) groups is 1. The highest BCUT2D eigenvalue weighted by molar-refractivity contribution is 5.78. The smallest absolute Gasteiger partial charge is 0.231 e. The lowest BCUT2D eigenvalue weighted by molar-refractivity contribution is -0.130. The van der Waals surface area contributed by atoms with Crippen LogP contribution in [0.4, 0.5) is 0 Å². The summed E-state index contributed by atoms with van der Waals surface area (Å²) in [5.41, 5.74) is 1.75. The largest absolute Gasteiger partial charge is 0.331 e. The summed E-state index contributed by atoms with van der Waals surface area (Å²) in [4.78, 5) is 23.1. The number of nitrogens with zero attached hydrogens (tertiary/aromatic N) is 4. The van der Waals surface area contributed by atoms with E-state index < -0.39 is 0 Å². The minimum atomic E-state index is -0.0232. The van der Waals surface area contributed by atoms with Gasteiger partial charge in [0.2, 0.25) is 5.91 Å². The first-order valence-corrected chi connectivity index (χ1v) is 9.25. The third-order valence-electron chi connectivity index (χ3n) is 3.98. The van der Waals surface area contributed by atoms with Crippen molar-refractivity contribution in [3.05, 3.63) is 66.2 Å². The van der Waals surface area contributed by atoms with Gasteiger partial charge in [0.05, 0.1) is 13.0 Å². The maximum Gasteiger partial charge on any atom is 0.231 e. The SMILES string of the molecule is CC(C)CN(CC#Cc1ccccc1)C(=O)Cc1nc(-c2cccnc2)n[nH]1. The molecule has 0 fully saturated rings. The van der Waals surface area contributed by atoms with E-state index in [4.69, 9.17) is 0 Å². The van der Waals surface area contributed by atoms with E-state index in [1.165, 1.54) is 0 Å². The molecule has 2 aromatic heterocycles. The molecular weight excluding hydrogens is 350 g/mol. The highest BCUT2D eigenvalue weighted by Crippen LogP contribution is 2.12. The van der Waals surface area contributed by atoms with Crippen LogP contribution in [0.15, 0.2) is 54.9 Å². The predicted octanol–water partition coefficient (Wildman–Crippen LogP) is 2.95. The van der Waals surface area contributed by atoms with Gasteiger partial charge in [-0.3, -0.25) is 14.9 Å². The lowest BCUT2D eigenvalue weighted by atomic mass is 10.2. The van der Waals surface area contributed by atoms with Crippen molar-refractivity contribution in [2.45, 2.75) is 20.3 Å². The second-order valence-corrected chi connectivity index (χ2v) is 6.86. The van der Waals surface area contributed by atoms with Crippen LogP contribution in [-0.4, -0.2) is 44.1 Å². The third kappa shape index (κ3) is 5.52. The van der Waals surface area contributed by atoms with Gasteiger partial charge in [0, 0.05) is 30.1 Å². The maximum absolute atomic E-state index is 12.8. The maximum atomic E-state index is 12.8. The number of hydrogen-bond acceptors (Lipinski definition) is 4. The number of benzene rings is 1. The fourth-order valence-corrected chi connectivity index (χ4v) is 2.71. The predicted molar refractivity (Wildman–Crippen MR) is 108 cm³/mol. The van der Waals surface area contributed by atoms with Crippen LogP contribution in [0.25, 0.3) is 11.4 Å². The Bertz CT molecular complexity index is 955. The Labute approximate surface area is 165 Å².